The number of carboxylic acid groups (broad SMARTS) is 1. The molecular formula is C28H30N2O6S. The number of benzene rings is 2. The van der Waals surface area contributed by atoms with E-state index in [1.165, 1.54) is 10.6 Å². The summed E-state index contributed by atoms with van der Waals surface area (Å²) in [6, 6.07) is 12.9. The molecule has 2 aromatic heterocycles. The number of hydrogen-bond acceptors (Lipinski definition) is 6. The van der Waals surface area contributed by atoms with Gasteiger partial charge in [-0.1, -0.05) is 24.3 Å². The molecule has 0 amide bonds. The summed E-state index contributed by atoms with van der Waals surface area (Å²) in [6.07, 6.45) is 2.36. The first-order valence-corrected chi connectivity index (χ1v) is 14.2. The molecular weight excluding hydrogens is 492 g/mol. The predicted molar refractivity (Wildman–Crippen MR) is 143 cm³/mol. The topological polar surface area (TPSA) is 110 Å². The van der Waals surface area contributed by atoms with E-state index < -0.39 is 16.0 Å². The number of aromatic nitrogens is 1. The summed E-state index contributed by atoms with van der Waals surface area (Å²) in [6.45, 7) is 6.69. The summed E-state index contributed by atoms with van der Waals surface area (Å²) >= 11 is 0. The van der Waals surface area contributed by atoms with Crippen LogP contribution in [0.4, 0.5) is 0 Å². The van der Waals surface area contributed by atoms with Gasteiger partial charge < -0.3 is 14.3 Å². The number of pyridine rings is 1. The molecule has 8 nitrogen and oxygen atoms in total. The van der Waals surface area contributed by atoms with E-state index in [0.29, 0.717) is 54.0 Å². The molecule has 2 aromatic carbocycles. The summed E-state index contributed by atoms with van der Waals surface area (Å²) in [4.78, 5) is 17.3. The molecule has 37 heavy (non-hydrogen) atoms. The molecule has 1 aliphatic heterocycles. The number of piperidine rings is 1. The minimum atomic E-state index is -3.21. The normalized spacial score (nSPS) is 16.3. The van der Waals surface area contributed by atoms with Gasteiger partial charge in [-0.25, -0.2) is 22.5 Å². The molecule has 3 heterocycles. The van der Waals surface area contributed by atoms with Crippen LogP contribution in [0.2, 0.25) is 0 Å². The molecule has 0 radical (unpaired) electrons. The van der Waals surface area contributed by atoms with Crippen LogP contribution in [-0.2, 0) is 10.0 Å². The van der Waals surface area contributed by atoms with Crippen LogP contribution in [0.5, 0.6) is 5.75 Å². The van der Waals surface area contributed by atoms with E-state index in [4.69, 9.17) is 14.1 Å². The molecule has 0 unspecified atom stereocenters. The van der Waals surface area contributed by atoms with Gasteiger partial charge in [0.05, 0.1) is 28.8 Å². The fraction of sp³-hybridized carbons (Fsp3) is 0.357. The van der Waals surface area contributed by atoms with Crippen molar-refractivity contribution in [2.75, 3.05) is 19.3 Å². The third-order valence-electron chi connectivity index (χ3n) is 7.38. The van der Waals surface area contributed by atoms with Gasteiger partial charge >= 0.3 is 5.97 Å². The van der Waals surface area contributed by atoms with Crippen LogP contribution in [0.3, 0.4) is 0 Å². The second-order valence-corrected chi connectivity index (χ2v) is 11.8. The monoisotopic (exact) mass is 522 g/mol. The lowest BCUT2D eigenvalue weighted by atomic mass is 9.93. The highest BCUT2D eigenvalue weighted by molar-refractivity contribution is 7.88. The summed E-state index contributed by atoms with van der Waals surface area (Å²) in [5, 5.41) is 11.6. The lowest BCUT2D eigenvalue weighted by Gasteiger charge is -2.33. The van der Waals surface area contributed by atoms with Gasteiger partial charge in [0, 0.05) is 24.0 Å². The predicted octanol–water partition coefficient (Wildman–Crippen LogP) is 5.40. The zero-order valence-electron chi connectivity index (χ0n) is 21.3. The van der Waals surface area contributed by atoms with Gasteiger partial charge in [0.15, 0.2) is 5.76 Å². The van der Waals surface area contributed by atoms with E-state index in [-0.39, 0.29) is 17.6 Å². The molecule has 0 bridgehead atoms. The van der Waals surface area contributed by atoms with Crippen molar-refractivity contribution in [2.24, 2.45) is 5.92 Å². The average molecular weight is 523 g/mol. The second kappa shape index (κ2) is 9.46. The Balaban J connectivity index is 1.54. The highest BCUT2D eigenvalue weighted by Crippen LogP contribution is 2.38. The van der Waals surface area contributed by atoms with Crippen molar-refractivity contribution < 1.29 is 27.5 Å². The van der Waals surface area contributed by atoms with Crippen LogP contribution in [0.25, 0.3) is 33.3 Å². The Kier molecular flexibility index (Phi) is 6.45. The quantitative estimate of drug-likeness (QED) is 0.361. The third-order valence-corrected chi connectivity index (χ3v) is 8.68. The number of sulfonamides is 1. The number of nitrogens with zero attached hydrogens (tertiary/aromatic N) is 2. The van der Waals surface area contributed by atoms with Gasteiger partial charge in [-0.15, -0.1) is 0 Å². The number of ether oxygens (including phenoxy) is 1. The first kappa shape index (κ1) is 25.2. The van der Waals surface area contributed by atoms with Gasteiger partial charge in [0.2, 0.25) is 10.0 Å². The zero-order valence-corrected chi connectivity index (χ0v) is 22.1. The Bertz CT molecular complexity index is 1620. The van der Waals surface area contributed by atoms with Crippen molar-refractivity contribution >= 4 is 37.9 Å². The van der Waals surface area contributed by atoms with Gasteiger partial charge in [0.1, 0.15) is 17.0 Å². The minimum Gasteiger partial charge on any atom is -0.490 e. The highest BCUT2D eigenvalue weighted by Gasteiger charge is 2.30. The van der Waals surface area contributed by atoms with Gasteiger partial charge in [-0.2, -0.15) is 0 Å². The number of hydrogen-bond donors (Lipinski definition) is 1. The molecule has 1 saturated heterocycles. The van der Waals surface area contributed by atoms with Gasteiger partial charge in [0.25, 0.3) is 0 Å². The lowest BCUT2D eigenvalue weighted by Crippen LogP contribution is -2.41. The van der Waals surface area contributed by atoms with E-state index >= 15 is 0 Å². The summed E-state index contributed by atoms with van der Waals surface area (Å²) in [5.74, 6) is 0.0683. The number of para-hydroxylation sites is 1. The molecule has 4 aromatic rings. The number of rotatable bonds is 6. The first-order chi connectivity index (χ1) is 17.5. The minimum absolute atomic E-state index is 0.0950. The van der Waals surface area contributed by atoms with Crippen molar-refractivity contribution in [3.63, 3.8) is 0 Å². The Morgan fingerprint density at radius 2 is 1.86 bits per heavy atom. The molecule has 1 aliphatic rings. The van der Waals surface area contributed by atoms with E-state index in [9.17, 15) is 18.3 Å². The largest absolute Gasteiger partial charge is 0.490 e. The second-order valence-electron chi connectivity index (χ2n) is 9.84. The fourth-order valence-corrected chi connectivity index (χ4v) is 6.09. The Morgan fingerprint density at radius 1 is 1.16 bits per heavy atom. The first-order valence-electron chi connectivity index (χ1n) is 12.3. The maximum atomic E-state index is 12.5. The molecule has 1 N–H and O–H groups in total. The number of fused-ring (bicyclic) bond motifs is 2. The molecule has 1 fully saturated rings. The zero-order chi connectivity index (χ0) is 26.5. The van der Waals surface area contributed by atoms with E-state index in [0.717, 1.165) is 22.1 Å². The van der Waals surface area contributed by atoms with Crippen molar-refractivity contribution in [3.05, 3.63) is 59.2 Å². The van der Waals surface area contributed by atoms with Gasteiger partial charge in [-0.05, 0) is 63.3 Å². The third kappa shape index (κ3) is 4.69. The molecule has 0 aliphatic carbocycles. The van der Waals surface area contributed by atoms with Crippen molar-refractivity contribution in [3.8, 4) is 17.2 Å². The molecule has 194 valence electrons. The van der Waals surface area contributed by atoms with Crippen molar-refractivity contribution in [2.45, 2.75) is 39.7 Å². The molecule has 1 atom stereocenters. The van der Waals surface area contributed by atoms with Crippen LogP contribution in [0.15, 0.2) is 46.9 Å². The smallest absolute Gasteiger partial charge is 0.336 e. The molecule has 0 spiro atoms. The number of furan rings is 1. The van der Waals surface area contributed by atoms with E-state index in [1.54, 1.807) is 12.1 Å². The maximum absolute atomic E-state index is 12.5. The van der Waals surface area contributed by atoms with Crippen LogP contribution in [-0.4, -0.2) is 54.2 Å². The molecule has 5 rings (SSSR count). The number of aryl methyl sites for hydroxylation is 2. The average Bonchev–Trinajstić information content (AvgIpc) is 3.21. The van der Waals surface area contributed by atoms with E-state index in [1.807, 2.05) is 51.1 Å². The fourth-order valence-electron chi connectivity index (χ4n) is 5.22. The number of carbonyl (C=O) groups is 1. The maximum Gasteiger partial charge on any atom is 0.336 e. The summed E-state index contributed by atoms with van der Waals surface area (Å²) in [5.41, 5.74) is 3.55. The SMILES string of the molecule is Cc1c(-c2cc(C(=O)O)c3c(O[C@H](C)C4CCN(S(C)(=O)=O)CC4)ccc(C)c3n2)oc2ccccc12. The number of aromatic carboxylic acids is 1. The summed E-state index contributed by atoms with van der Waals surface area (Å²) < 4.78 is 37.7. The Morgan fingerprint density at radius 3 is 2.51 bits per heavy atom. The molecule has 0 saturated carbocycles. The summed E-state index contributed by atoms with van der Waals surface area (Å²) in [7, 11) is -3.21. The van der Waals surface area contributed by atoms with Gasteiger partial charge in [-0.3, -0.25) is 0 Å². The Labute approximate surface area is 215 Å². The Hall–Kier alpha value is -3.43. The van der Waals surface area contributed by atoms with Crippen molar-refractivity contribution in [1.82, 2.24) is 9.29 Å². The molecule has 9 heteroatoms. The van der Waals surface area contributed by atoms with Crippen LogP contribution in [0.1, 0.15) is 41.3 Å². The van der Waals surface area contributed by atoms with Crippen LogP contribution < -0.4 is 4.74 Å². The number of carboxylic acids is 1. The lowest BCUT2D eigenvalue weighted by molar-refractivity contribution is 0.0698. The van der Waals surface area contributed by atoms with Crippen LogP contribution >= 0.6 is 0 Å². The van der Waals surface area contributed by atoms with Crippen LogP contribution in [0, 0.1) is 19.8 Å². The van der Waals surface area contributed by atoms with Crippen molar-refractivity contribution in [1.29, 1.82) is 0 Å². The highest BCUT2D eigenvalue weighted by atomic mass is 32.2. The standard InChI is InChI=1S/C28H30N2O6S/c1-16-9-10-24(35-18(3)19-11-13-30(14-12-19)37(4,33)34)25-21(28(31)32)15-22(29-26(16)25)27-17(2)20-7-5-6-8-23(20)36-27/h5-10,15,18-19H,11-14H2,1-4H3,(H,31,32)/t18-/m1/s1. The van der Waals surface area contributed by atoms with E-state index in [2.05, 4.69) is 0 Å².